The summed E-state index contributed by atoms with van der Waals surface area (Å²) in [4.78, 5) is 27.5. The Bertz CT molecular complexity index is 572. The molecule has 0 aliphatic carbocycles. The maximum atomic E-state index is 12.7. The third-order valence-corrected chi connectivity index (χ3v) is 5.40. The van der Waals surface area contributed by atoms with Gasteiger partial charge in [0, 0.05) is 31.1 Å². The van der Waals surface area contributed by atoms with Crippen molar-refractivity contribution in [3.63, 3.8) is 0 Å². The maximum absolute atomic E-state index is 12.7. The molecule has 2 unspecified atom stereocenters. The molecule has 2 heterocycles. The number of fused-ring (bicyclic) bond motifs is 1. The molecule has 2 aliphatic heterocycles. The number of carbonyl (C=O) groups is 2. The third kappa shape index (κ3) is 2.48. The monoisotopic (exact) mass is 306 g/mol. The van der Waals surface area contributed by atoms with Crippen LogP contribution in [0.25, 0.3) is 0 Å². The van der Waals surface area contributed by atoms with E-state index in [4.69, 9.17) is 0 Å². The molecule has 1 aromatic rings. The molecule has 0 radical (unpaired) electrons. The summed E-state index contributed by atoms with van der Waals surface area (Å²) in [7, 11) is 1.82. The van der Waals surface area contributed by atoms with Crippen LogP contribution in [0.15, 0.2) is 24.3 Å². The Morgan fingerprint density at radius 3 is 2.81 bits per heavy atom. The molecule has 21 heavy (non-hydrogen) atoms. The fourth-order valence-corrected chi connectivity index (χ4v) is 4.24. The van der Waals surface area contributed by atoms with E-state index in [1.54, 1.807) is 15.9 Å². The fraction of sp³-hybridized carbons (Fsp3) is 0.467. The van der Waals surface area contributed by atoms with Crippen LogP contribution in [0.5, 0.6) is 0 Å². The number of thioether (sulfide) groups is 1. The molecule has 5 nitrogen and oxygen atoms in total. The molecule has 1 aromatic carbocycles. The molecule has 0 bridgehead atoms. The van der Waals surface area contributed by atoms with Gasteiger partial charge < -0.3 is 10.0 Å². The summed E-state index contributed by atoms with van der Waals surface area (Å²) >= 11 is 1.85. The Kier molecular flexibility index (Phi) is 3.80. The first kappa shape index (κ1) is 14.3. The van der Waals surface area contributed by atoms with Crippen LogP contribution < -0.4 is 4.90 Å². The molecule has 0 spiro atoms. The van der Waals surface area contributed by atoms with E-state index in [2.05, 4.69) is 0 Å². The van der Waals surface area contributed by atoms with Crippen molar-refractivity contribution in [1.82, 2.24) is 4.90 Å². The largest absolute Gasteiger partial charge is 0.481 e. The number of amides is 2. The van der Waals surface area contributed by atoms with E-state index < -0.39 is 11.9 Å². The molecular formula is C15H18N2O3S. The predicted octanol–water partition coefficient (Wildman–Crippen LogP) is 2.23. The molecule has 0 aromatic heterocycles. The number of aliphatic carboxylic acids is 1. The molecule has 2 aliphatic rings. The van der Waals surface area contributed by atoms with Gasteiger partial charge in [-0.05, 0) is 23.8 Å². The zero-order valence-corrected chi connectivity index (χ0v) is 12.7. The van der Waals surface area contributed by atoms with E-state index >= 15 is 0 Å². The predicted molar refractivity (Wildman–Crippen MR) is 83.1 cm³/mol. The van der Waals surface area contributed by atoms with Crippen molar-refractivity contribution in [2.45, 2.75) is 18.4 Å². The van der Waals surface area contributed by atoms with E-state index in [-0.39, 0.29) is 18.6 Å². The Labute approximate surface area is 127 Å². The minimum atomic E-state index is -0.878. The molecule has 2 amide bonds. The topological polar surface area (TPSA) is 60.9 Å². The molecule has 112 valence electrons. The summed E-state index contributed by atoms with van der Waals surface area (Å²) in [5.41, 5.74) is 1.46. The zero-order valence-electron chi connectivity index (χ0n) is 11.9. The van der Waals surface area contributed by atoms with Crippen molar-refractivity contribution >= 4 is 29.4 Å². The lowest BCUT2D eigenvalue weighted by molar-refractivity contribution is -0.138. The van der Waals surface area contributed by atoms with Crippen LogP contribution in [0.1, 0.15) is 17.9 Å². The Morgan fingerprint density at radius 2 is 2.14 bits per heavy atom. The van der Waals surface area contributed by atoms with Gasteiger partial charge in [-0.25, -0.2) is 4.79 Å². The molecule has 1 fully saturated rings. The molecular weight excluding hydrogens is 288 g/mol. The number of urea groups is 1. The average molecular weight is 306 g/mol. The normalized spacial score (nSPS) is 24.0. The van der Waals surface area contributed by atoms with Gasteiger partial charge in [-0.2, -0.15) is 11.8 Å². The van der Waals surface area contributed by atoms with Crippen LogP contribution in [0.3, 0.4) is 0 Å². The standard InChI is InChI=1S/C15H18N2O3S/c1-16(10-6-7-21-9-10)15(20)17-8-12(14(18)19)11-4-2-3-5-13(11)17/h2-5,10,12H,6-9H2,1H3,(H,18,19). The fourth-order valence-electron chi connectivity index (χ4n) is 2.97. The number of carbonyl (C=O) groups excluding carboxylic acids is 1. The van der Waals surface area contributed by atoms with Crippen molar-refractivity contribution in [3.8, 4) is 0 Å². The quantitative estimate of drug-likeness (QED) is 0.910. The first-order valence-electron chi connectivity index (χ1n) is 7.03. The first-order chi connectivity index (χ1) is 10.1. The highest BCUT2D eigenvalue weighted by Crippen LogP contribution is 2.37. The second kappa shape index (κ2) is 5.60. The number of nitrogens with zero attached hydrogens (tertiary/aromatic N) is 2. The van der Waals surface area contributed by atoms with Gasteiger partial charge in [0.15, 0.2) is 0 Å². The van der Waals surface area contributed by atoms with E-state index in [0.717, 1.165) is 29.2 Å². The molecule has 0 saturated carbocycles. The lowest BCUT2D eigenvalue weighted by Crippen LogP contribution is -2.46. The van der Waals surface area contributed by atoms with E-state index in [9.17, 15) is 14.7 Å². The van der Waals surface area contributed by atoms with Crippen LogP contribution in [-0.2, 0) is 4.79 Å². The highest BCUT2D eigenvalue weighted by Gasteiger charge is 2.38. The number of anilines is 1. The van der Waals surface area contributed by atoms with Gasteiger partial charge in [0.1, 0.15) is 5.92 Å². The van der Waals surface area contributed by atoms with E-state index in [0.29, 0.717) is 0 Å². The maximum Gasteiger partial charge on any atom is 0.324 e. The number of rotatable bonds is 2. The van der Waals surface area contributed by atoms with Crippen molar-refractivity contribution < 1.29 is 14.7 Å². The number of carboxylic acids is 1. The van der Waals surface area contributed by atoms with Crippen molar-refractivity contribution in [2.75, 3.05) is 30.0 Å². The summed E-state index contributed by atoms with van der Waals surface area (Å²) in [6.45, 7) is 0.220. The highest BCUT2D eigenvalue weighted by atomic mass is 32.2. The molecule has 1 saturated heterocycles. The second-order valence-corrected chi connectivity index (χ2v) is 6.62. The van der Waals surface area contributed by atoms with Crippen LogP contribution in [0.4, 0.5) is 10.5 Å². The summed E-state index contributed by atoms with van der Waals surface area (Å²) in [6, 6.07) is 7.44. The number of para-hydroxylation sites is 1. The molecule has 6 heteroatoms. The van der Waals surface area contributed by atoms with Crippen molar-refractivity contribution in [3.05, 3.63) is 29.8 Å². The Balaban J connectivity index is 1.86. The summed E-state index contributed by atoms with van der Waals surface area (Å²) in [5, 5.41) is 9.35. The van der Waals surface area contributed by atoms with Gasteiger partial charge in [-0.15, -0.1) is 0 Å². The SMILES string of the molecule is CN(C(=O)N1CC(C(=O)O)c2ccccc21)C1CCSC1. The number of benzene rings is 1. The molecule has 1 N–H and O–H groups in total. The summed E-state index contributed by atoms with van der Waals surface area (Å²) < 4.78 is 0. The number of carboxylic acid groups (broad SMARTS) is 1. The lowest BCUT2D eigenvalue weighted by Gasteiger charge is -2.29. The van der Waals surface area contributed by atoms with Crippen LogP contribution in [-0.4, -0.2) is 53.1 Å². The van der Waals surface area contributed by atoms with Gasteiger partial charge in [-0.1, -0.05) is 18.2 Å². The average Bonchev–Trinajstić information content (AvgIpc) is 3.13. The Hall–Kier alpha value is -1.69. The van der Waals surface area contributed by atoms with Crippen molar-refractivity contribution in [2.24, 2.45) is 0 Å². The van der Waals surface area contributed by atoms with Gasteiger partial charge in [0.05, 0.1) is 0 Å². The lowest BCUT2D eigenvalue weighted by atomic mass is 10.0. The van der Waals surface area contributed by atoms with Crippen LogP contribution in [0.2, 0.25) is 0 Å². The smallest absolute Gasteiger partial charge is 0.324 e. The highest BCUT2D eigenvalue weighted by molar-refractivity contribution is 7.99. The van der Waals surface area contributed by atoms with Gasteiger partial charge in [-0.3, -0.25) is 9.69 Å². The van der Waals surface area contributed by atoms with Gasteiger partial charge in [0.25, 0.3) is 0 Å². The number of hydrogen-bond donors (Lipinski definition) is 1. The van der Waals surface area contributed by atoms with Gasteiger partial charge >= 0.3 is 12.0 Å². The minimum absolute atomic E-state index is 0.0984. The molecule has 2 atom stereocenters. The van der Waals surface area contributed by atoms with E-state index in [1.165, 1.54) is 0 Å². The van der Waals surface area contributed by atoms with Gasteiger partial charge in [0.2, 0.25) is 0 Å². The van der Waals surface area contributed by atoms with Crippen LogP contribution in [0, 0.1) is 0 Å². The third-order valence-electron chi connectivity index (χ3n) is 4.25. The first-order valence-corrected chi connectivity index (χ1v) is 8.19. The second-order valence-electron chi connectivity index (χ2n) is 5.47. The summed E-state index contributed by atoms with van der Waals surface area (Å²) in [6.07, 6.45) is 1.00. The van der Waals surface area contributed by atoms with E-state index in [1.807, 2.05) is 37.0 Å². The van der Waals surface area contributed by atoms with Crippen molar-refractivity contribution in [1.29, 1.82) is 0 Å². The zero-order chi connectivity index (χ0) is 15.0. The summed E-state index contributed by atoms with van der Waals surface area (Å²) in [5.74, 6) is 0.532. The number of hydrogen-bond acceptors (Lipinski definition) is 3. The molecule has 3 rings (SSSR count). The Morgan fingerprint density at radius 1 is 1.38 bits per heavy atom. The minimum Gasteiger partial charge on any atom is -0.481 e. The van der Waals surface area contributed by atoms with Crippen LogP contribution >= 0.6 is 11.8 Å².